The first-order valence-corrected chi connectivity index (χ1v) is 5.52. The molecule has 3 nitrogen and oxygen atoms in total. The van der Waals surface area contributed by atoms with Crippen LogP contribution in [0.15, 0.2) is 22.7 Å². The minimum absolute atomic E-state index is 0.638. The molecule has 1 saturated carbocycles. The first-order chi connectivity index (χ1) is 6.81. The van der Waals surface area contributed by atoms with Crippen LogP contribution in [0.4, 0.5) is 5.95 Å². The van der Waals surface area contributed by atoms with Crippen LogP contribution in [0, 0.1) is 0 Å². The lowest BCUT2D eigenvalue weighted by atomic mass is 10.3. The summed E-state index contributed by atoms with van der Waals surface area (Å²) < 4.78 is 1.08. The number of benzene rings is 1. The van der Waals surface area contributed by atoms with E-state index in [1.54, 1.807) is 0 Å². The zero-order chi connectivity index (χ0) is 9.54. The number of nitrogens with zero attached hydrogens (tertiary/aromatic N) is 1. The van der Waals surface area contributed by atoms with Crippen molar-refractivity contribution in [1.29, 1.82) is 0 Å². The van der Waals surface area contributed by atoms with Gasteiger partial charge in [0, 0.05) is 10.5 Å². The Balaban J connectivity index is 2.01. The van der Waals surface area contributed by atoms with Crippen molar-refractivity contribution in [1.82, 2.24) is 9.97 Å². The number of imidazole rings is 1. The summed E-state index contributed by atoms with van der Waals surface area (Å²) in [5.41, 5.74) is 2.08. The monoisotopic (exact) mass is 251 g/mol. The maximum Gasteiger partial charge on any atom is 0.201 e. The van der Waals surface area contributed by atoms with E-state index in [-0.39, 0.29) is 0 Å². The average Bonchev–Trinajstić information content (AvgIpc) is 2.84. The number of nitrogens with one attached hydrogen (secondary N) is 2. The molecule has 2 aromatic rings. The van der Waals surface area contributed by atoms with Crippen LogP contribution < -0.4 is 5.32 Å². The summed E-state index contributed by atoms with van der Waals surface area (Å²) in [5, 5.41) is 3.34. The molecule has 0 atom stereocenters. The topological polar surface area (TPSA) is 40.7 Å². The minimum Gasteiger partial charge on any atom is -0.353 e. The van der Waals surface area contributed by atoms with E-state index < -0.39 is 0 Å². The molecule has 3 rings (SSSR count). The molecule has 1 aliphatic rings. The second-order valence-electron chi connectivity index (χ2n) is 3.67. The van der Waals surface area contributed by atoms with E-state index in [0.29, 0.717) is 6.04 Å². The number of rotatable bonds is 2. The zero-order valence-electron chi connectivity index (χ0n) is 7.55. The first-order valence-electron chi connectivity index (χ1n) is 4.73. The molecule has 0 radical (unpaired) electrons. The Morgan fingerprint density at radius 2 is 2.29 bits per heavy atom. The Morgan fingerprint density at radius 1 is 1.43 bits per heavy atom. The van der Waals surface area contributed by atoms with Gasteiger partial charge in [-0.15, -0.1) is 0 Å². The maximum atomic E-state index is 4.45. The summed E-state index contributed by atoms with van der Waals surface area (Å²) in [6.07, 6.45) is 2.53. The minimum atomic E-state index is 0.638. The van der Waals surface area contributed by atoms with E-state index >= 15 is 0 Å². The van der Waals surface area contributed by atoms with Crippen molar-refractivity contribution < 1.29 is 0 Å². The summed E-state index contributed by atoms with van der Waals surface area (Å²) in [7, 11) is 0. The number of aromatic amines is 1. The van der Waals surface area contributed by atoms with Gasteiger partial charge in [-0.2, -0.15) is 0 Å². The Labute approximate surface area is 90.0 Å². The SMILES string of the molecule is Brc1ccc2nc(NC3CC3)[nH]c2c1. The Kier molecular flexibility index (Phi) is 1.77. The first kappa shape index (κ1) is 8.29. The molecular formula is C10H10BrN3. The molecule has 72 valence electrons. The third-order valence-electron chi connectivity index (χ3n) is 2.36. The van der Waals surface area contributed by atoms with Gasteiger partial charge in [0.25, 0.3) is 0 Å². The Bertz CT molecular complexity index is 473. The highest BCUT2D eigenvalue weighted by Crippen LogP contribution is 2.25. The normalized spacial score (nSPS) is 16.1. The molecular weight excluding hydrogens is 242 g/mol. The number of hydrogen-bond acceptors (Lipinski definition) is 2. The van der Waals surface area contributed by atoms with Crippen molar-refractivity contribution in [3.63, 3.8) is 0 Å². The van der Waals surface area contributed by atoms with E-state index in [1.807, 2.05) is 18.2 Å². The smallest absolute Gasteiger partial charge is 0.201 e. The van der Waals surface area contributed by atoms with Crippen LogP contribution in [-0.4, -0.2) is 16.0 Å². The van der Waals surface area contributed by atoms with E-state index in [0.717, 1.165) is 21.5 Å². The van der Waals surface area contributed by atoms with Crippen molar-refractivity contribution in [2.75, 3.05) is 5.32 Å². The zero-order valence-corrected chi connectivity index (χ0v) is 9.13. The van der Waals surface area contributed by atoms with Gasteiger partial charge in [-0.05, 0) is 31.0 Å². The molecule has 0 spiro atoms. The molecule has 2 N–H and O–H groups in total. The molecule has 14 heavy (non-hydrogen) atoms. The number of hydrogen-bond donors (Lipinski definition) is 2. The third-order valence-corrected chi connectivity index (χ3v) is 2.86. The maximum absolute atomic E-state index is 4.45. The molecule has 4 heteroatoms. The van der Waals surface area contributed by atoms with Gasteiger partial charge < -0.3 is 10.3 Å². The van der Waals surface area contributed by atoms with Crippen LogP contribution in [0.3, 0.4) is 0 Å². The Hall–Kier alpha value is -1.03. The van der Waals surface area contributed by atoms with Gasteiger partial charge >= 0.3 is 0 Å². The van der Waals surface area contributed by atoms with Gasteiger partial charge in [-0.1, -0.05) is 15.9 Å². The van der Waals surface area contributed by atoms with Crippen molar-refractivity contribution in [3.05, 3.63) is 22.7 Å². The fraction of sp³-hybridized carbons (Fsp3) is 0.300. The fourth-order valence-electron chi connectivity index (χ4n) is 1.47. The lowest BCUT2D eigenvalue weighted by molar-refractivity contribution is 1.10. The van der Waals surface area contributed by atoms with Crippen LogP contribution in [-0.2, 0) is 0 Å². The van der Waals surface area contributed by atoms with Gasteiger partial charge in [0.05, 0.1) is 11.0 Å². The average molecular weight is 252 g/mol. The largest absolute Gasteiger partial charge is 0.353 e. The highest BCUT2D eigenvalue weighted by molar-refractivity contribution is 9.10. The van der Waals surface area contributed by atoms with Gasteiger partial charge in [-0.3, -0.25) is 0 Å². The predicted molar refractivity (Wildman–Crippen MR) is 60.4 cm³/mol. The molecule has 0 saturated heterocycles. The third kappa shape index (κ3) is 1.50. The molecule has 1 aromatic heterocycles. The van der Waals surface area contributed by atoms with E-state index in [9.17, 15) is 0 Å². The molecule has 0 bridgehead atoms. The van der Waals surface area contributed by atoms with E-state index in [2.05, 4.69) is 31.2 Å². The molecule has 0 amide bonds. The molecule has 1 aliphatic carbocycles. The number of halogens is 1. The predicted octanol–water partition coefficient (Wildman–Crippen LogP) is 2.90. The Morgan fingerprint density at radius 3 is 3.07 bits per heavy atom. The summed E-state index contributed by atoms with van der Waals surface area (Å²) >= 11 is 3.44. The lowest BCUT2D eigenvalue weighted by Crippen LogP contribution is -2.01. The van der Waals surface area contributed by atoms with E-state index in [1.165, 1.54) is 12.8 Å². The highest BCUT2D eigenvalue weighted by Gasteiger charge is 2.21. The van der Waals surface area contributed by atoms with Crippen molar-refractivity contribution in [2.45, 2.75) is 18.9 Å². The van der Waals surface area contributed by atoms with Crippen LogP contribution in [0.1, 0.15) is 12.8 Å². The van der Waals surface area contributed by atoms with Crippen molar-refractivity contribution >= 4 is 32.9 Å². The number of anilines is 1. The quantitative estimate of drug-likeness (QED) is 0.862. The molecule has 0 unspecified atom stereocenters. The standard InChI is InChI=1S/C10H10BrN3/c11-6-1-4-8-9(5-6)14-10(13-8)12-7-2-3-7/h1,4-5,7H,2-3H2,(H2,12,13,14). The molecule has 1 fully saturated rings. The lowest BCUT2D eigenvalue weighted by Gasteiger charge is -1.95. The molecule has 0 aliphatic heterocycles. The summed E-state index contributed by atoms with van der Waals surface area (Å²) in [6.45, 7) is 0. The number of H-pyrrole nitrogens is 1. The van der Waals surface area contributed by atoms with Gasteiger partial charge in [0.2, 0.25) is 5.95 Å². The van der Waals surface area contributed by atoms with Crippen molar-refractivity contribution in [2.24, 2.45) is 0 Å². The second kappa shape index (κ2) is 2.98. The second-order valence-corrected chi connectivity index (χ2v) is 4.58. The summed E-state index contributed by atoms with van der Waals surface area (Å²) in [6, 6.07) is 6.69. The highest BCUT2D eigenvalue weighted by atomic mass is 79.9. The van der Waals surface area contributed by atoms with Crippen LogP contribution >= 0.6 is 15.9 Å². The molecule has 1 heterocycles. The fourth-order valence-corrected chi connectivity index (χ4v) is 1.83. The van der Waals surface area contributed by atoms with Gasteiger partial charge in [-0.25, -0.2) is 4.98 Å². The number of fused-ring (bicyclic) bond motifs is 1. The van der Waals surface area contributed by atoms with Crippen LogP contribution in [0.25, 0.3) is 11.0 Å². The molecule has 1 aromatic carbocycles. The summed E-state index contributed by atoms with van der Waals surface area (Å²) in [5.74, 6) is 0.889. The van der Waals surface area contributed by atoms with Gasteiger partial charge in [0.15, 0.2) is 0 Å². The number of aromatic nitrogens is 2. The van der Waals surface area contributed by atoms with E-state index in [4.69, 9.17) is 0 Å². The van der Waals surface area contributed by atoms with Crippen LogP contribution in [0.2, 0.25) is 0 Å². The summed E-state index contributed by atoms with van der Waals surface area (Å²) in [4.78, 5) is 7.70. The van der Waals surface area contributed by atoms with Gasteiger partial charge in [0.1, 0.15) is 0 Å². The van der Waals surface area contributed by atoms with Crippen LogP contribution in [0.5, 0.6) is 0 Å². The van der Waals surface area contributed by atoms with Crippen molar-refractivity contribution in [3.8, 4) is 0 Å².